The molecule has 0 radical (unpaired) electrons. The standard InChI is InChI=1S/C21H24N4O5S/c1-2-30-19-8-5-16(13-18(19)25(27)28)20(26)23-21(31)22-17-6-3-15(4-7-17)14-24-9-11-29-12-10-24/h3-8,13H,2,9-12,14H2,1H3,(H2,22,23,26,31). The molecule has 0 aliphatic carbocycles. The van der Waals surface area contributed by atoms with Crippen LogP contribution in [-0.2, 0) is 11.3 Å². The number of carbonyl (C=O) groups is 1. The first-order valence-corrected chi connectivity index (χ1v) is 10.3. The lowest BCUT2D eigenvalue weighted by Gasteiger charge is -2.26. The number of carbonyl (C=O) groups excluding carboxylic acids is 1. The average Bonchev–Trinajstić information content (AvgIpc) is 2.76. The summed E-state index contributed by atoms with van der Waals surface area (Å²) in [6.45, 7) is 6.20. The van der Waals surface area contributed by atoms with Gasteiger partial charge in [-0.05, 0) is 49.0 Å². The lowest BCUT2D eigenvalue weighted by molar-refractivity contribution is -0.385. The number of amides is 1. The largest absolute Gasteiger partial charge is 0.487 e. The third-order valence-corrected chi connectivity index (χ3v) is 4.87. The number of thiocarbonyl (C=S) groups is 1. The molecule has 1 fully saturated rings. The highest BCUT2D eigenvalue weighted by molar-refractivity contribution is 7.80. The van der Waals surface area contributed by atoms with E-state index in [2.05, 4.69) is 15.5 Å². The zero-order valence-corrected chi connectivity index (χ0v) is 17.9. The molecule has 0 aromatic heterocycles. The number of nitrogens with zero attached hydrogens (tertiary/aromatic N) is 2. The maximum Gasteiger partial charge on any atom is 0.311 e. The second kappa shape index (κ2) is 10.8. The van der Waals surface area contributed by atoms with Crippen molar-refractivity contribution in [1.82, 2.24) is 10.2 Å². The minimum atomic E-state index is -0.586. The van der Waals surface area contributed by atoms with E-state index in [0.717, 1.165) is 38.5 Å². The summed E-state index contributed by atoms with van der Waals surface area (Å²) in [5, 5.41) is 16.8. The second-order valence-electron chi connectivity index (χ2n) is 6.87. The molecule has 9 nitrogen and oxygen atoms in total. The van der Waals surface area contributed by atoms with Crippen molar-refractivity contribution in [2.24, 2.45) is 0 Å². The van der Waals surface area contributed by atoms with Crippen LogP contribution < -0.4 is 15.4 Å². The molecule has 1 aliphatic rings. The molecule has 10 heteroatoms. The Bertz CT molecular complexity index is 945. The van der Waals surface area contributed by atoms with Gasteiger partial charge in [0.2, 0.25) is 0 Å². The van der Waals surface area contributed by atoms with Crippen molar-refractivity contribution < 1.29 is 19.2 Å². The van der Waals surface area contributed by atoms with E-state index in [0.29, 0.717) is 0 Å². The highest BCUT2D eigenvalue weighted by atomic mass is 32.1. The van der Waals surface area contributed by atoms with Crippen LogP contribution in [0.2, 0.25) is 0 Å². The van der Waals surface area contributed by atoms with Crippen LogP contribution in [0.3, 0.4) is 0 Å². The van der Waals surface area contributed by atoms with Crippen LogP contribution in [0.1, 0.15) is 22.8 Å². The second-order valence-corrected chi connectivity index (χ2v) is 7.27. The first-order chi connectivity index (χ1) is 15.0. The van der Waals surface area contributed by atoms with E-state index in [1.807, 2.05) is 24.3 Å². The Morgan fingerprint density at radius 2 is 1.94 bits per heavy atom. The molecule has 3 rings (SSSR count). The zero-order valence-electron chi connectivity index (χ0n) is 17.1. The number of nitro groups is 1. The van der Waals surface area contributed by atoms with Crippen molar-refractivity contribution in [3.63, 3.8) is 0 Å². The molecule has 2 aromatic carbocycles. The predicted molar refractivity (Wildman–Crippen MR) is 120 cm³/mol. The number of anilines is 1. The van der Waals surface area contributed by atoms with Crippen molar-refractivity contribution >= 4 is 34.6 Å². The van der Waals surface area contributed by atoms with E-state index in [1.165, 1.54) is 23.8 Å². The topological polar surface area (TPSA) is 106 Å². The van der Waals surface area contributed by atoms with E-state index in [9.17, 15) is 14.9 Å². The highest BCUT2D eigenvalue weighted by Crippen LogP contribution is 2.28. The number of morpholine rings is 1. The first kappa shape index (κ1) is 22.6. The lowest BCUT2D eigenvalue weighted by Crippen LogP contribution is -2.35. The fourth-order valence-corrected chi connectivity index (χ4v) is 3.34. The minimum Gasteiger partial charge on any atom is -0.487 e. The molecule has 31 heavy (non-hydrogen) atoms. The summed E-state index contributed by atoms with van der Waals surface area (Å²) >= 11 is 5.20. The molecule has 2 N–H and O–H groups in total. The third kappa shape index (κ3) is 6.45. The van der Waals surface area contributed by atoms with Gasteiger partial charge in [-0.25, -0.2) is 0 Å². The van der Waals surface area contributed by atoms with Crippen LogP contribution >= 0.6 is 12.2 Å². The summed E-state index contributed by atoms with van der Waals surface area (Å²) < 4.78 is 10.6. The maximum atomic E-state index is 12.4. The van der Waals surface area contributed by atoms with Gasteiger partial charge in [-0.2, -0.15) is 0 Å². The fourth-order valence-electron chi connectivity index (χ4n) is 3.13. The highest BCUT2D eigenvalue weighted by Gasteiger charge is 2.19. The molecule has 0 unspecified atom stereocenters. The Morgan fingerprint density at radius 1 is 1.23 bits per heavy atom. The van der Waals surface area contributed by atoms with Crippen molar-refractivity contribution in [2.75, 3.05) is 38.2 Å². The maximum absolute atomic E-state index is 12.4. The van der Waals surface area contributed by atoms with Gasteiger partial charge in [0.25, 0.3) is 5.91 Å². The van der Waals surface area contributed by atoms with Crippen LogP contribution in [0.5, 0.6) is 5.75 Å². The number of nitro benzene ring substituents is 1. The number of ether oxygens (including phenoxy) is 2. The number of nitrogens with one attached hydrogen (secondary N) is 2. The fraction of sp³-hybridized carbons (Fsp3) is 0.333. The van der Waals surface area contributed by atoms with E-state index >= 15 is 0 Å². The van der Waals surface area contributed by atoms with Crippen LogP contribution in [0, 0.1) is 10.1 Å². The van der Waals surface area contributed by atoms with Crippen molar-refractivity contribution in [3.05, 3.63) is 63.7 Å². The molecule has 0 spiro atoms. The Balaban J connectivity index is 1.57. The minimum absolute atomic E-state index is 0.0995. The van der Waals surface area contributed by atoms with Crippen LogP contribution in [0.4, 0.5) is 11.4 Å². The lowest BCUT2D eigenvalue weighted by atomic mass is 10.1. The van der Waals surface area contributed by atoms with E-state index in [-0.39, 0.29) is 28.7 Å². The summed E-state index contributed by atoms with van der Waals surface area (Å²) in [7, 11) is 0. The quantitative estimate of drug-likeness (QED) is 0.381. The van der Waals surface area contributed by atoms with Gasteiger partial charge in [-0.15, -0.1) is 0 Å². The Labute approximate surface area is 185 Å². The summed E-state index contributed by atoms with van der Waals surface area (Å²) in [5.74, 6) is -0.436. The third-order valence-electron chi connectivity index (χ3n) is 4.67. The Morgan fingerprint density at radius 3 is 2.58 bits per heavy atom. The molecule has 1 aliphatic heterocycles. The number of hydrogen-bond acceptors (Lipinski definition) is 7. The SMILES string of the molecule is CCOc1ccc(C(=O)NC(=S)Nc2ccc(CN3CCOCC3)cc2)cc1[N+](=O)[O-]. The molecule has 0 bridgehead atoms. The molecule has 1 heterocycles. The number of rotatable bonds is 7. The zero-order chi connectivity index (χ0) is 22.2. The van der Waals surface area contributed by atoms with Gasteiger partial charge in [-0.3, -0.25) is 25.1 Å². The summed E-state index contributed by atoms with van der Waals surface area (Å²) in [6.07, 6.45) is 0. The van der Waals surface area contributed by atoms with Gasteiger partial charge in [0.15, 0.2) is 10.9 Å². The summed E-state index contributed by atoms with van der Waals surface area (Å²) in [4.78, 5) is 25.4. The molecule has 1 amide bonds. The first-order valence-electron chi connectivity index (χ1n) is 9.89. The normalized spacial score (nSPS) is 14.0. The van der Waals surface area contributed by atoms with Crippen LogP contribution in [-0.4, -0.2) is 53.8 Å². The van der Waals surface area contributed by atoms with Crippen LogP contribution in [0.15, 0.2) is 42.5 Å². The van der Waals surface area contributed by atoms with Crippen molar-refractivity contribution in [3.8, 4) is 5.75 Å². The van der Waals surface area contributed by atoms with Gasteiger partial charge >= 0.3 is 5.69 Å². The Hall–Kier alpha value is -3.08. The van der Waals surface area contributed by atoms with Gasteiger partial charge < -0.3 is 14.8 Å². The predicted octanol–water partition coefficient (Wildman–Crippen LogP) is 2.95. The molecule has 1 saturated heterocycles. The molecular weight excluding hydrogens is 420 g/mol. The van der Waals surface area contributed by atoms with Gasteiger partial charge in [0, 0.05) is 37.0 Å². The van der Waals surface area contributed by atoms with E-state index in [1.54, 1.807) is 6.92 Å². The molecule has 0 saturated carbocycles. The van der Waals surface area contributed by atoms with Crippen molar-refractivity contribution in [2.45, 2.75) is 13.5 Å². The molecular formula is C21H24N4O5S. The van der Waals surface area contributed by atoms with Gasteiger partial charge in [0.05, 0.1) is 24.7 Å². The van der Waals surface area contributed by atoms with E-state index < -0.39 is 10.8 Å². The smallest absolute Gasteiger partial charge is 0.311 e. The number of hydrogen-bond donors (Lipinski definition) is 2. The average molecular weight is 445 g/mol. The van der Waals surface area contributed by atoms with Crippen LogP contribution in [0.25, 0.3) is 0 Å². The van der Waals surface area contributed by atoms with Crippen molar-refractivity contribution in [1.29, 1.82) is 0 Å². The summed E-state index contributed by atoms with van der Waals surface area (Å²) in [6, 6.07) is 11.8. The van der Waals surface area contributed by atoms with Gasteiger partial charge in [-0.1, -0.05) is 12.1 Å². The van der Waals surface area contributed by atoms with E-state index in [4.69, 9.17) is 21.7 Å². The summed E-state index contributed by atoms with van der Waals surface area (Å²) in [5.41, 5.74) is 1.74. The Kier molecular flexibility index (Phi) is 7.88. The molecule has 164 valence electrons. The monoisotopic (exact) mass is 444 g/mol. The van der Waals surface area contributed by atoms with Gasteiger partial charge in [0.1, 0.15) is 0 Å². The molecule has 2 aromatic rings. The number of benzene rings is 2. The molecule has 0 atom stereocenters.